The fourth-order valence-corrected chi connectivity index (χ4v) is 2.26. The van der Waals surface area contributed by atoms with Gasteiger partial charge in [-0.2, -0.15) is 0 Å². The average molecular weight is 267 g/mol. The number of rotatable bonds is 9. The van der Waals surface area contributed by atoms with Gasteiger partial charge in [-0.25, -0.2) is 4.39 Å². The van der Waals surface area contributed by atoms with Crippen molar-refractivity contribution in [1.29, 1.82) is 0 Å². The fraction of sp³-hybridized carbons (Fsp3) is 0.625. The third-order valence-electron chi connectivity index (χ3n) is 3.30. The molecular formula is C16H26FNO. The van der Waals surface area contributed by atoms with Gasteiger partial charge in [0.2, 0.25) is 0 Å². The lowest BCUT2D eigenvalue weighted by Gasteiger charge is -2.21. The highest BCUT2D eigenvalue weighted by Gasteiger charge is 2.16. The molecule has 19 heavy (non-hydrogen) atoms. The largest absolute Gasteiger partial charge is 0.496 e. The van der Waals surface area contributed by atoms with Crippen LogP contribution in [0.1, 0.15) is 57.6 Å². The van der Waals surface area contributed by atoms with Crippen molar-refractivity contribution in [2.24, 2.45) is 0 Å². The number of hydrogen-bond donors (Lipinski definition) is 1. The van der Waals surface area contributed by atoms with Crippen molar-refractivity contribution >= 4 is 0 Å². The maximum absolute atomic E-state index is 13.5. The molecule has 108 valence electrons. The quantitative estimate of drug-likeness (QED) is 0.667. The van der Waals surface area contributed by atoms with Crippen LogP contribution in [0.4, 0.5) is 4.39 Å². The van der Waals surface area contributed by atoms with Crippen molar-refractivity contribution < 1.29 is 9.13 Å². The first-order valence-electron chi connectivity index (χ1n) is 7.29. The van der Waals surface area contributed by atoms with Crippen molar-refractivity contribution in [2.75, 3.05) is 13.7 Å². The molecule has 1 aromatic carbocycles. The van der Waals surface area contributed by atoms with E-state index in [0.717, 1.165) is 37.1 Å². The molecule has 0 aliphatic carbocycles. The van der Waals surface area contributed by atoms with Gasteiger partial charge in [0, 0.05) is 11.6 Å². The third kappa shape index (κ3) is 5.19. The van der Waals surface area contributed by atoms with E-state index in [2.05, 4.69) is 19.2 Å². The molecule has 0 heterocycles. The summed E-state index contributed by atoms with van der Waals surface area (Å²) in [4.78, 5) is 0. The minimum absolute atomic E-state index is 0.178. The lowest BCUT2D eigenvalue weighted by molar-refractivity contribution is 0.390. The molecule has 0 aromatic heterocycles. The van der Waals surface area contributed by atoms with Crippen LogP contribution >= 0.6 is 0 Å². The first-order valence-corrected chi connectivity index (χ1v) is 7.29. The first kappa shape index (κ1) is 16.0. The van der Waals surface area contributed by atoms with Crippen LogP contribution in [0.3, 0.4) is 0 Å². The van der Waals surface area contributed by atoms with E-state index in [9.17, 15) is 4.39 Å². The zero-order valence-corrected chi connectivity index (χ0v) is 12.3. The van der Waals surface area contributed by atoms with Crippen molar-refractivity contribution in [3.63, 3.8) is 0 Å². The maximum atomic E-state index is 13.5. The van der Waals surface area contributed by atoms with Gasteiger partial charge in [-0.3, -0.25) is 0 Å². The number of nitrogens with one attached hydrogen (secondary N) is 1. The zero-order chi connectivity index (χ0) is 14.1. The second-order valence-corrected chi connectivity index (χ2v) is 4.89. The highest BCUT2D eigenvalue weighted by atomic mass is 19.1. The zero-order valence-electron chi connectivity index (χ0n) is 12.3. The normalized spacial score (nSPS) is 12.4. The highest BCUT2D eigenvalue weighted by molar-refractivity contribution is 5.36. The minimum atomic E-state index is -0.199. The van der Waals surface area contributed by atoms with Crippen LogP contribution in [0.5, 0.6) is 5.75 Å². The van der Waals surface area contributed by atoms with Crippen LogP contribution < -0.4 is 10.1 Å². The van der Waals surface area contributed by atoms with Crippen LogP contribution in [-0.4, -0.2) is 13.7 Å². The molecule has 1 unspecified atom stereocenters. The van der Waals surface area contributed by atoms with Gasteiger partial charge in [-0.15, -0.1) is 0 Å². The molecule has 2 nitrogen and oxygen atoms in total. The molecule has 3 heteroatoms. The number of benzene rings is 1. The molecule has 0 radical (unpaired) electrons. The van der Waals surface area contributed by atoms with Gasteiger partial charge < -0.3 is 10.1 Å². The van der Waals surface area contributed by atoms with E-state index in [-0.39, 0.29) is 11.9 Å². The Morgan fingerprint density at radius 2 is 2.00 bits per heavy atom. The van der Waals surface area contributed by atoms with E-state index in [1.54, 1.807) is 19.2 Å². The predicted molar refractivity (Wildman–Crippen MR) is 78.1 cm³/mol. The van der Waals surface area contributed by atoms with Crippen LogP contribution in [0.15, 0.2) is 18.2 Å². The molecule has 1 aromatic rings. The molecule has 0 saturated carbocycles. The third-order valence-corrected chi connectivity index (χ3v) is 3.30. The number of unbranched alkanes of at least 4 members (excludes halogenated alkanes) is 2. The second-order valence-electron chi connectivity index (χ2n) is 4.89. The van der Waals surface area contributed by atoms with Crippen molar-refractivity contribution in [3.8, 4) is 5.75 Å². The lowest BCUT2D eigenvalue weighted by Crippen LogP contribution is -2.22. The number of ether oxygens (including phenoxy) is 1. The Morgan fingerprint density at radius 1 is 1.21 bits per heavy atom. The van der Waals surface area contributed by atoms with Gasteiger partial charge in [0.25, 0.3) is 0 Å². The van der Waals surface area contributed by atoms with E-state index >= 15 is 0 Å². The van der Waals surface area contributed by atoms with E-state index in [1.807, 2.05) is 0 Å². The number of methoxy groups -OCH3 is 1. The summed E-state index contributed by atoms with van der Waals surface area (Å²) in [5.41, 5.74) is 0.937. The second kappa shape index (κ2) is 8.92. The van der Waals surface area contributed by atoms with E-state index in [4.69, 9.17) is 4.74 Å². The summed E-state index contributed by atoms with van der Waals surface area (Å²) < 4.78 is 18.8. The predicted octanol–water partition coefficient (Wildman–Crippen LogP) is 4.46. The summed E-state index contributed by atoms with van der Waals surface area (Å²) in [7, 11) is 1.64. The summed E-state index contributed by atoms with van der Waals surface area (Å²) in [6.07, 6.45) is 5.65. The number of hydrogen-bond acceptors (Lipinski definition) is 2. The van der Waals surface area contributed by atoms with Crippen LogP contribution in [-0.2, 0) is 0 Å². The minimum Gasteiger partial charge on any atom is -0.496 e. The Kier molecular flexibility index (Phi) is 7.49. The Balaban J connectivity index is 2.84. The van der Waals surface area contributed by atoms with E-state index in [0.29, 0.717) is 0 Å². The van der Waals surface area contributed by atoms with Gasteiger partial charge in [0.05, 0.1) is 7.11 Å². The van der Waals surface area contributed by atoms with Crippen molar-refractivity contribution in [1.82, 2.24) is 5.32 Å². The van der Waals surface area contributed by atoms with Gasteiger partial charge in [-0.1, -0.05) is 33.1 Å². The maximum Gasteiger partial charge on any atom is 0.123 e. The Bertz CT molecular complexity index is 368. The summed E-state index contributed by atoms with van der Waals surface area (Å²) in [5.74, 6) is 0.570. The monoisotopic (exact) mass is 267 g/mol. The highest BCUT2D eigenvalue weighted by Crippen LogP contribution is 2.29. The SMILES string of the molecule is CCCCCC(NCCC)c1cc(F)ccc1OC. The van der Waals surface area contributed by atoms with E-state index in [1.165, 1.54) is 18.9 Å². The molecular weight excluding hydrogens is 241 g/mol. The van der Waals surface area contributed by atoms with Gasteiger partial charge in [-0.05, 0) is 37.6 Å². The summed E-state index contributed by atoms with van der Waals surface area (Å²) in [5, 5.41) is 3.50. The Hall–Kier alpha value is -1.09. The molecule has 0 spiro atoms. The molecule has 0 saturated heterocycles. The smallest absolute Gasteiger partial charge is 0.123 e. The van der Waals surface area contributed by atoms with Crippen LogP contribution in [0, 0.1) is 5.82 Å². The molecule has 0 bridgehead atoms. The first-order chi connectivity index (χ1) is 9.22. The Labute approximate surface area is 116 Å². The van der Waals surface area contributed by atoms with Crippen molar-refractivity contribution in [3.05, 3.63) is 29.6 Å². The standard InChI is InChI=1S/C16H26FNO/c1-4-6-7-8-15(18-11-5-2)14-12-13(17)9-10-16(14)19-3/h9-10,12,15,18H,4-8,11H2,1-3H3. The number of halogens is 1. The average Bonchev–Trinajstić information content (AvgIpc) is 2.42. The van der Waals surface area contributed by atoms with Gasteiger partial charge in [0.15, 0.2) is 0 Å². The van der Waals surface area contributed by atoms with E-state index < -0.39 is 0 Å². The topological polar surface area (TPSA) is 21.3 Å². The van der Waals surface area contributed by atoms with Crippen LogP contribution in [0.25, 0.3) is 0 Å². The Morgan fingerprint density at radius 3 is 2.63 bits per heavy atom. The summed E-state index contributed by atoms with van der Waals surface area (Å²) >= 11 is 0. The van der Waals surface area contributed by atoms with Gasteiger partial charge >= 0.3 is 0 Å². The molecule has 1 rings (SSSR count). The van der Waals surface area contributed by atoms with Crippen LogP contribution in [0.2, 0.25) is 0 Å². The molecule has 0 aliphatic rings. The van der Waals surface area contributed by atoms with Gasteiger partial charge in [0.1, 0.15) is 11.6 Å². The molecule has 1 atom stereocenters. The fourth-order valence-electron chi connectivity index (χ4n) is 2.26. The molecule has 0 amide bonds. The summed E-state index contributed by atoms with van der Waals surface area (Å²) in [6.45, 7) is 5.27. The van der Waals surface area contributed by atoms with Crippen molar-refractivity contribution in [2.45, 2.75) is 52.0 Å². The summed E-state index contributed by atoms with van der Waals surface area (Å²) in [6, 6.07) is 4.94. The lowest BCUT2D eigenvalue weighted by atomic mass is 9.99. The molecule has 0 fully saturated rings. The molecule has 1 N–H and O–H groups in total. The molecule has 0 aliphatic heterocycles.